The molecular weight excluding hydrogens is 249 g/mol. The highest BCUT2D eigenvalue weighted by molar-refractivity contribution is 9.10. The predicted molar refractivity (Wildman–Crippen MR) is 59.1 cm³/mol. The first-order chi connectivity index (χ1) is 6.74. The third kappa shape index (κ3) is 3.64. The van der Waals surface area contributed by atoms with Gasteiger partial charge in [0.05, 0.1) is 6.61 Å². The molecule has 0 aliphatic carbocycles. The number of hydrogen-bond donors (Lipinski definition) is 1. The second kappa shape index (κ2) is 5.98. The Labute approximate surface area is 91.6 Å². The van der Waals surface area contributed by atoms with E-state index in [0.29, 0.717) is 13.2 Å². The van der Waals surface area contributed by atoms with E-state index >= 15 is 0 Å². The topological polar surface area (TPSA) is 21.3 Å². The molecule has 4 heteroatoms. The minimum atomic E-state index is -0.243. The normalized spacial score (nSPS) is 10.2. The van der Waals surface area contributed by atoms with Crippen molar-refractivity contribution in [2.24, 2.45) is 0 Å². The van der Waals surface area contributed by atoms with Crippen molar-refractivity contribution in [2.45, 2.75) is 6.92 Å². The van der Waals surface area contributed by atoms with Crippen LogP contribution >= 0.6 is 15.9 Å². The van der Waals surface area contributed by atoms with Gasteiger partial charge in [-0.1, -0.05) is 0 Å². The van der Waals surface area contributed by atoms with Crippen LogP contribution < -0.4 is 5.32 Å². The lowest BCUT2D eigenvalue weighted by molar-refractivity contribution is 0.158. The summed E-state index contributed by atoms with van der Waals surface area (Å²) < 4.78 is 18.6. The molecular formula is C10H13BrFNO. The second-order valence-corrected chi connectivity index (χ2v) is 3.60. The number of ether oxygens (including phenoxy) is 1. The van der Waals surface area contributed by atoms with Crippen LogP contribution in [0.2, 0.25) is 0 Å². The van der Waals surface area contributed by atoms with E-state index < -0.39 is 0 Å². The molecule has 0 bridgehead atoms. The highest BCUT2D eigenvalue weighted by Gasteiger charge is 1.99. The van der Waals surface area contributed by atoms with Crippen LogP contribution in [0.1, 0.15) is 6.92 Å². The molecule has 0 unspecified atom stereocenters. The summed E-state index contributed by atoms with van der Waals surface area (Å²) in [5.74, 6) is -0.243. The number of halogens is 2. The van der Waals surface area contributed by atoms with Crippen molar-refractivity contribution in [3.05, 3.63) is 28.5 Å². The molecule has 1 aromatic rings. The van der Waals surface area contributed by atoms with Crippen molar-refractivity contribution in [1.29, 1.82) is 0 Å². The van der Waals surface area contributed by atoms with E-state index in [0.717, 1.165) is 16.7 Å². The molecule has 2 nitrogen and oxygen atoms in total. The molecule has 0 aliphatic heterocycles. The maximum absolute atomic E-state index is 12.7. The number of rotatable bonds is 5. The third-order valence-electron chi connectivity index (χ3n) is 1.70. The largest absolute Gasteiger partial charge is 0.382 e. The molecule has 0 aliphatic rings. The van der Waals surface area contributed by atoms with Crippen LogP contribution in [0.3, 0.4) is 0 Å². The molecule has 0 fully saturated rings. The summed E-state index contributed by atoms with van der Waals surface area (Å²) in [4.78, 5) is 0. The van der Waals surface area contributed by atoms with Gasteiger partial charge in [0.1, 0.15) is 5.82 Å². The Morgan fingerprint density at radius 1 is 1.50 bits per heavy atom. The maximum Gasteiger partial charge on any atom is 0.124 e. The second-order valence-electron chi connectivity index (χ2n) is 2.75. The zero-order chi connectivity index (χ0) is 10.4. The first-order valence-corrected chi connectivity index (χ1v) is 5.30. The molecule has 78 valence electrons. The van der Waals surface area contributed by atoms with Gasteiger partial charge in [-0.15, -0.1) is 0 Å². The third-order valence-corrected chi connectivity index (χ3v) is 2.35. The van der Waals surface area contributed by atoms with Crippen LogP contribution in [0.25, 0.3) is 0 Å². The Morgan fingerprint density at radius 3 is 2.93 bits per heavy atom. The van der Waals surface area contributed by atoms with Gasteiger partial charge in [0.25, 0.3) is 0 Å². The molecule has 1 aromatic carbocycles. The molecule has 0 atom stereocenters. The first kappa shape index (κ1) is 11.5. The van der Waals surface area contributed by atoms with E-state index in [-0.39, 0.29) is 5.82 Å². The van der Waals surface area contributed by atoms with Gasteiger partial charge in [-0.05, 0) is 41.1 Å². The standard InChI is InChI=1S/C10H13BrFNO/c1-2-14-6-5-13-10-4-3-8(12)7-9(10)11/h3-4,7,13H,2,5-6H2,1H3. The van der Waals surface area contributed by atoms with E-state index in [1.54, 1.807) is 6.07 Å². The smallest absolute Gasteiger partial charge is 0.124 e. The van der Waals surface area contributed by atoms with Gasteiger partial charge >= 0.3 is 0 Å². The quantitative estimate of drug-likeness (QED) is 0.823. The molecule has 0 saturated heterocycles. The summed E-state index contributed by atoms with van der Waals surface area (Å²) in [7, 11) is 0. The molecule has 1 rings (SSSR count). The Morgan fingerprint density at radius 2 is 2.29 bits per heavy atom. The Kier molecular flexibility index (Phi) is 4.90. The highest BCUT2D eigenvalue weighted by Crippen LogP contribution is 2.22. The Bertz CT molecular complexity index is 293. The number of hydrogen-bond acceptors (Lipinski definition) is 2. The van der Waals surface area contributed by atoms with E-state index in [4.69, 9.17) is 4.74 Å². The fraction of sp³-hybridized carbons (Fsp3) is 0.400. The summed E-state index contributed by atoms with van der Waals surface area (Å²) in [6.45, 7) is 4.04. The van der Waals surface area contributed by atoms with Crippen molar-refractivity contribution >= 4 is 21.6 Å². The van der Waals surface area contributed by atoms with E-state index in [2.05, 4.69) is 21.2 Å². The molecule has 0 heterocycles. The van der Waals surface area contributed by atoms with Crippen LogP contribution in [0.5, 0.6) is 0 Å². The highest BCUT2D eigenvalue weighted by atomic mass is 79.9. The van der Waals surface area contributed by atoms with Gasteiger partial charge < -0.3 is 10.1 Å². The fourth-order valence-electron chi connectivity index (χ4n) is 1.04. The van der Waals surface area contributed by atoms with Gasteiger partial charge in [0.2, 0.25) is 0 Å². The SMILES string of the molecule is CCOCCNc1ccc(F)cc1Br. The Hall–Kier alpha value is -0.610. The van der Waals surface area contributed by atoms with Gasteiger partial charge in [-0.3, -0.25) is 0 Å². The molecule has 14 heavy (non-hydrogen) atoms. The van der Waals surface area contributed by atoms with Crippen LogP contribution in [0, 0.1) is 5.82 Å². The number of anilines is 1. The van der Waals surface area contributed by atoms with Crippen molar-refractivity contribution < 1.29 is 9.13 Å². The summed E-state index contributed by atoms with van der Waals surface area (Å²) in [6.07, 6.45) is 0. The lowest BCUT2D eigenvalue weighted by Gasteiger charge is -2.08. The van der Waals surface area contributed by atoms with Gasteiger partial charge in [-0.2, -0.15) is 0 Å². The van der Waals surface area contributed by atoms with Crippen LogP contribution in [0.4, 0.5) is 10.1 Å². The van der Waals surface area contributed by atoms with Crippen molar-refractivity contribution in [2.75, 3.05) is 25.1 Å². The molecule has 0 amide bonds. The number of benzene rings is 1. The van der Waals surface area contributed by atoms with Crippen molar-refractivity contribution in [3.8, 4) is 0 Å². The van der Waals surface area contributed by atoms with Gasteiger partial charge in [0, 0.05) is 23.3 Å². The molecule has 0 aromatic heterocycles. The summed E-state index contributed by atoms with van der Waals surface area (Å²) >= 11 is 3.27. The van der Waals surface area contributed by atoms with Crippen LogP contribution in [-0.2, 0) is 4.74 Å². The average Bonchev–Trinajstić information content (AvgIpc) is 2.15. The van der Waals surface area contributed by atoms with Crippen LogP contribution in [-0.4, -0.2) is 19.8 Å². The summed E-state index contributed by atoms with van der Waals surface area (Å²) in [5, 5.41) is 3.14. The monoisotopic (exact) mass is 261 g/mol. The average molecular weight is 262 g/mol. The van der Waals surface area contributed by atoms with Gasteiger partial charge in [0.15, 0.2) is 0 Å². The van der Waals surface area contributed by atoms with E-state index in [1.165, 1.54) is 12.1 Å². The Balaban J connectivity index is 2.42. The minimum absolute atomic E-state index is 0.243. The zero-order valence-corrected chi connectivity index (χ0v) is 9.60. The van der Waals surface area contributed by atoms with Crippen LogP contribution in [0.15, 0.2) is 22.7 Å². The van der Waals surface area contributed by atoms with Gasteiger partial charge in [-0.25, -0.2) is 4.39 Å². The maximum atomic E-state index is 12.7. The lowest BCUT2D eigenvalue weighted by atomic mass is 10.3. The minimum Gasteiger partial charge on any atom is -0.382 e. The van der Waals surface area contributed by atoms with Crippen molar-refractivity contribution in [3.63, 3.8) is 0 Å². The zero-order valence-electron chi connectivity index (χ0n) is 8.02. The van der Waals surface area contributed by atoms with E-state index in [1.807, 2.05) is 6.92 Å². The molecule has 0 spiro atoms. The molecule has 0 radical (unpaired) electrons. The summed E-state index contributed by atoms with van der Waals surface area (Å²) in [6, 6.07) is 4.56. The lowest BCUT2D eigenvalue weighted by Crippen LogP contribution is -2.09. The first-order valence-electron chi connectivity index (χ1n) is 4.50. The number of nitrogens with one attached hydrogen (secondary N) is 1. The van der Waals surface area contributed by atoms with Crippen molar-refractivity contribution in [1.82, 2.24) is 0 Å². The fourth-order valence-corrected chi connectivity index (χ4v) is 1.53. The molecule has 1 N–H and O–H groups in total. The van der Waals surface area contributed by atoms with E-state index in [9.17, 15) is 4.39 Å². The summed E-state index contributed by atoms with van der Waals surface area (Å²) in [5.41, 5.74) is 0.881. The molecule has 0 saturated carbocycles. The predicted octanol–water partition coefficient (Wildman–Crippen LogP) is 3.04.